The number of carbonyl (C=O) groups excluding carboxylic acids is 1. The number of benzene rings is 1. The van der Waals surface area contributed by atoms with Gasteiger partial charge in [-0.05, 0) is 62.5 Å². The Morgan fingerprint density at radius 3 is 2.45 bits per heavy atom. The Labute approximate surface area is 176 Å². The quantitative estimate of drug-likeness (QED) is 0.330. The van der Waals surface area contributed by atoms with Gasteiger partial charge in [0.05, 0.1) is 18.3 Å². The molecule has 1 aliphatic carbocycles. The molecule has 1 aromatic carbocycles. The van der Waals surface area contributed by atoms with Crippen LogP contribution in [0.3, 0.4) is 0 Å². The molecule has 164 valence electrons. The van der Waals surface area contributed by atoms with Gasteiger partial charge >= 0.3 is 0 Å². The first kappa shape index (κ1) is 24.1. The number of hydrogen-bond acceptors (Lipinski definition) is 6. The van der Waals surface area contributed by atoms with E-state index in [1.54, 1.807) is 18.2 Å². The number of aliphatic hydroxyl groups is 3. The maximum Gasteiger partial charge on any atom is 0.136 e. The van der Waals surface area contributed by atoms with Crippen LogP contribution in [0.25, 0.3) is 0 Å². The Balaban J connectivity index is 1.72. The summed E-state index contributed by atoms with van der Waals surface area (Å²) < 4.78 is 13.7. The van der Waals surface area contributed by atoms with Crippen LogP contribution in [0, 0.1) is 17.7 Å². The van der Waals surface area contributed by atoms with E-state index in [4.69, 9.17) is 0 Å². The molecule has 0 saturated heterocycles. The van der Waals surface area contributed by atoms with E-state index in [1.165, 1.54) is 17.8 Å². The third kappa shape index (κ3) is 8.24. The fourth-order valence-electron chi connectivity index (χ4n) is 4.20. The van der Waals surface area contributed by atoms with Crippen molar-refractivity contribution in [1.82, 2.24) is 0 Å². The van der Waals surface area contributed by atoms with E-state index in [0.717, 1.165) is 25.7 Å². The van der Waals surface area contributed by atoms with Crippen LogP contribution in [0.15, 0.2) is 29.2 Å². The molecule has 0 spiro atoms. The molecule has 1 aliphatic rings. The Bertz CT molecular complexity index is 629. The van der Waals surface area contributed by atoms with Crippen molar-refractivity contribution in [2.45, 2.75) is 81.0 Å². The summed E-state index contributed by atoms with van der Waals surface area (Å²) >= 11 is 1.28. The van der Waals surface area contributed by atoms with Crippen molar-refractivity contribution >= 4 is 17.7 Å². The van der Waals surface area contributed by atoms with Crippen molar-refractivity contribution in [2.75, 3.05) is 5.75 Å². The van der Waals surface area contributed by atoms with E-state index in [9.17, 15) is 29.6 Å². The maximum absolute atomic E-state index is 13.7. The predicted molar refractivity (Wildman–Crippen MR) is 109 cm³/mol. The van der Waals surface area contributed by atoms with Gasteiger partial charge in [0.25, 0.3) is 0 Å². The van der Waals surface area contributed by atoms with Gasteiger partial charge in [-0.1, -0.05) is 31.4 Å². The van der Waals surface area contributed by atoms with Crippen LogP contribution in [0.4, 0.5) is 4.39 Å². The van der Waals surface area contributed by atoms with Crippen LogP contribution in [0.2, 0.25) is 0 Å². The molecular formula is C22H32FO5S-. The van der Waals surface area contributed by atoms with Crippen molar-refractivity contribution in [3.63, 3.8) is 0 Å². The van der Waals surface area contributed by atoms with E-state index < -0.39 is 24.3 Å². The lowest BCUT2D eigenvalue weighted by Crippen LogP contribution is -2.24. The van der Waals surface area contributed by atoms with Gasteiger partial charge in [-0.2, -0.15) is 0 Å². The fourth-order valence-corrected chi connectivity index (χ4v) is 5.12. The Kier molecular flexibility index (Phi) is 10.4. The maximum atomic E-state index is 13.7. The molecular weight excluding hydrogens is 395 g/mol. The van der Waals surface area contributed by atoms with Gasteiger partial charge in [-0.15, -0.1) is 11.8 Å². The first-order valence-corrected chi connectivity index (χ1v) is 11.5. The lowest BCUT2D eigenvalue weighted by atomic mass is 9.85. The highest BCUT2D eigenvalue weighted by Gasteiger charge is 2.40. The minimum Gasteiger partial charge on any atom is -0.550 e. The standard InChI is InChI=1S/C22H33FO5S/c23-18-8-5-6-9-21(18)29-14-15(24)11-12-17-16(19(25)13-20(17)26)7-3-1-2-4-10-22(27)28/h5-6,8-9,15-17,19-20,24-26H,1-4,7,10-14H2,(H,27,28)/p-1/t15-,16?,17?,19+,20-/m1/s1. The van der Waals surface area contributed by atoms with Crippen LogP contribution >= 0.6 is 11.8 Å². The first-order valence-electron chi connectivity index (χ1n) is 10.5. The van der Waals surface area contributed by atoms with E-state index in [2.05, 4.69) is 0 Å². The summed E-state index contributed by atoms with van der Waals surface area (Å²) in [4.78, 5) is 10.9. The summed E-state index contributed by atoms with van der Waals surface area (Å²) in [5.41, 5.74) is 0. The average molecular weight is 428 g/mol. The SMILES string of the molecule is O=C([O-])CCCCCCC1C(CC[C@@H](O)CSc2ccccc2F)[C@H](O)C[C@@H]1O. The van der Waals surface area contributed by atoms with Gasteiger partial charge in [-0.3, -0.25) is 0 Å². The smallest absolute Gasteiger partial charge is 0.136 e. The van der Waals surface area contributed by atoms with Gasteiger partial charge in [0, 0.05) is 16.6 Å². The summed E-state index contributed by atoms with van der Waals surface area (Å²) in [6.07, 6.45) is 3.82. The van der Waals surface area contributed by atoms with E-state index in [0.29, 0.717) is 36.3 Å². The minimum atomic E-state index is -1.02. The monoisotopic (exact) mass is 427 g/mol. The number of hydrogen-bond donors (Lipinski definition) is 3. The molecule has 0 aliphatic heterocycles. The van der Waals surface area contributed by atoms with Gasteiger partial charge < -0.3 is 25.2 Å². The molecule has 1 aromatic rings. The molecule has 0 amide bonds. The van der Waals surface area contributed by atoms with Crippen LogP contribution < -0.4 is 5.11 Å². The van der Waals surface area contributed by atoms with E-state index >= 15 is 0 Å². The summed E-state index contributed by atoms with van der Waals surface area (Å²) in [6, 6.07) is 6.48. The van der Waals surface area contributed by atoms with Gasteiger partial charge in [-0.25, -0.2) is 4.39 Å². The Hall–Kier alpha value is -1.15. The van der Waals surface area contributed by atoms with Crippen LogP contribution in [-0.4, -0.2) is 45.4 Å². The lowest BCUT2D eigenvalue weighted by Gasteiger charge is -2.24. The number of thioether (sulfide) groups is 1. The Morgan fingerprint density at radius 2 is 1.76 bits per heavy atom. The number of carboxylic acids is 1. The van der Waals surface area contributed by atoms with Gasteiger partial charge in [0.2, 0.25) is 0 Å². The van der Waals surface area contributed by atoms with E-state index in [-0.39, 0.29) is 24.1 Å². The number of carboxylic acid groups (broad SMARTS) is 1. The zero-order valence-electron chi connectivity index (χ0n) is 16.7. The number of halogens is 1. The number of aliphatic carboxylic acids is 1. The molecule has 29 heavy (non-hydrogen) atoms. The van der Waals surface area contributed by atoms with Crippen molar-refractivity contribution in [3.05, 3.63) is 30.1 Å². The van der Waals surface area contributed by atoms with Crippen LogP contribution in [0.1, 0.15) is 57.8 Å². The first-order chi connectivity index (χ1) is 13.9. The van der Waals surface area contributed by atoms with E-state index in [1.807, 2.05) is 0 Å². The third-order valence-electron chi connectivity index (χ3n) is 5.79. The van der Waals surface area contributed by atoms with Crippen LogP contribution in [0.5, 0.6) is 0 Å². The summed E-state index contributed by atoms with van der Waals surface area (Å²) in [6.45, 7) is 0. The van der Waals surface area contributed by atoms with Crippen molar-refractivity contribution in [3.8, 4) is 0 Å². The summed E-state index contributed by atoms with van der Waals surface area (Å²) in [7, 11) is 0. The highest BCUT2D eigenvalue weighted by atomic mass is 32.2. The molecule has 0 radical (unpaired) electrons. The highest BCUT2D eigenvalue weighted by Crippen LogP contribution is 2.39. The molecule has 5 nitrogen and oxygen atoms in total. The molecule has 0 heterocycles. The second kappa shape index (κ2) is 12.5. The summed E-state index contributed by atoms with van der Waals surface area (Å²) in [5.74, 6) is -0.987. The number of unbranched alkanes of at least 4 members (excludes halogenated alkanes) is 3. The summed E-state index contributed by atoms with van der Waals surface area (Å²) in [5, 5.41) is 41.3. The molecule has 2 unspecified atom stereocenters. The molecule has 7 heteroatoms. The molecule has 5 atom stereocenters. The topological polar surface area (TPSA) is 101 Å². The molecule has 3 N–H and O–H groups in total. The molecule has 2 rings (SSSR count). The zero-order valence-corrected chi connectivity index (χ0v) is 17.5. The minimum absolute atomic E-state index is 0.00226. The average Bonchev–Trinajstić information content (AvgIpc) is 2.94. The molecule has 0 bridgehead atoms. The lowest BCUT2D eigenvalue weighted by molar-refractivity contribution is -0.305. The second-order valence-electron chi connectivity index (χ2n) is 8.00. The molecule has 1 saturated carbocycles. The van der Waals surface area contributed by atoms with Gasteiger partial charge in [0.15, 0.2) is 0 Å². The largest absolute Gasteiger partial charge is 0.550 e. The number of rotatable bonds is 13. The molecule has 0 aromatic heterocycles. The van der Waals surface area contributed by atoms with Crippen LogP contribution in [-0.2, 0) is 4.79 Å². The van der Waals surface area contributed by atoms with Crippen molar-refractivity contribution in [2.24, 2.45) is 11.8 Å². The predicted octanol–water partition coefficient (Wildman–Crippen LogP) is 2.51. The highest BCUT2D eigenvalue weighted by molar-refractivity contribution is 7.99. The van der Waals surface area contributed by atoms with Crippen molar-refractivity contribution < 1.29 is 29.6 Å². The Morgan fingerprint density at radius 1 is 1.10 bits per heavy atom. The third-order valence-corrected chi connectivity index (χ3v) is 6.98. The molecule has 1 fully saturated rings. The fraction of sp³-hybridized carbons (Fsp3) is 0.682. The second-order valence-corrected chi connectivity index (χ2v) is 9.06. The van der Waals surface area contributed by atoms with Gasteiger partial charge in [0.1, 0.15) is 5.82 Å². The number of aliphatic hydroxyl groups excluding tert-OH is 3. The normalized spacial score (nSPS) is 25.2. The number of carbonyl (C=O) groups is 1. The van der Waals surface area contributed by atoms with Crippen molar-refractivity contribution in [1.29, 1.82) is 0 Å². The zero-order chi connectivity index (χ0) is 21.2.